The average Bonchev–Trinajstić information content (AvgIpc) is 3.23. The van der Waals surface area contributed by atoms with Gasteiger partial charge >= 0.3 is 11.9 Å². The van der Waals surface area contributed by atoms with Crippen molar-refractivity contribution in [2.45, 2.75) is 57.3 Å². The number of aromatic nitrogens is 1. The van der Waals surface area contributed by atoms with Gasteiger partial charge in [0.2, 0.25) is 17.7 Å². The van der Waals surface area contributed by atoms with Crippen molar-refractivity contribution >= 4 is 53.2 Å². The molecule has 0 saturated carbocycles. The highest BCUT2D eigenvalue weighted by molar-refractivity contribution is 7.80. The van der Waals surface area contributed by atoms with E-state index in [1.807, 2.05) is 32.0 Å². The number of carbonyl (C=O) groups is 5. The molecule has 12 nitrogen and oxygen atoms in total. The van der Waals surface area contributed by atoms with Crippen LogP contribution in [0.4, 0.5) is 0 Å². The van der Waals surface area contributed by atoms with Crippen molar-refractivity contribution in [1.82, 2.24) is 20.9 Å². The number of carbonyl (C=O) groups excluding carboxylic acids is 3. The normalized spacial score (nSPS) is 14.4. The molecular weight excluding hydrogens is 502 g/mol. The van der Waals surface area contributed by atoms with E-state index in [2.05, 4.69) is 33.6 Å². The first-order valence-corrected chi connectivity index (χ1v) is 12.3. The minimum atomic E-state index is -1.51. The maximum absolute atomic E-state index is 13.1. The van der Waals surface area contributed by atoms with E-state index in [-0.39, 0.29) is 18.1 Å². The minimum Gasteiger partial charge on any atom is -0.481 e. The first kappa shape index (κ1) is 29.6. The summed E-state index contributed by atoms with van der Waals surface area (Å²) in [5.74, 6) is -5.20. The van der Waals surface area contributed by atoms with Gasteiger partial charge < -0.3 is 36.9 Å². The first-order chi connectivity index (χ1) is 17.4. The molecule has 4 unspecified atom stereocenters. The van der Waals surface area contributed by atoms with Crippen LogP contribution in [0, 0.1) is 5.92 Å². The van der Waals surface area contributed by atoms with Crippen LogP contribution in [0.25, 0.3) is 10.9 Å². The number of carboxylic acid groups (broad SMARTS) is 2. The third kappa shape index (κ3) is 8.79. The van der Waals surface area contributed by atoms with Crippen molar-refractivity contribution in [1.29, 1.82) is 0 Å². The Bertz CT molecular complexity index is 1140. The number of hydrogen-bond donors (Lipinski definition) is 8. The van der Waals surface area contributed by atoms with Crippen LogP contribution in [0.2, 0.25) is 0 Å². The van der Waals surface area contributed by atoms with Crippen LogP contribution >= 0.6 is 12.6 Å². The average molecular weight is 536 g/mol. The summed E-state index contributed by atoms with van der Waals surface area (Å²) in [6, 6.07) is 2.19. The molecule has 0 bridgehead atoms. The number of nitrogens with one attached hydrogen (secondary N) is 4. The number of aromatic amines is 1. The fourth-order valence-corrected chi connectivity index (χ4v) is 3.98. The molecule has 0 aliphatic heterocycles. The molecule has 37 heavy (non-hydrogen) atoms. The molecule has 8 N–H and O–H groups in total. The molecule has 1 aromatic carbocycles. The lowest BCUT2D eigenvalue weighted by Gasteiger charge is -2.24. The molecule has 13 heteroatoms. The number of carboxylic acids is 2. The second-order valence-electron chi connectivity index (χ2n) is 9.10. The van der Waals surface area contributed by atoms with Crippen molar-refractivity contribution in [2.24, 2.45) is 11.7 Å². The van der Waals surface area contributed by atoms with Gasteiger partial charge in [0.25, 0.3) is 0 Å². The number of H-pyrrole nitrogens is 1. The summed E-state index contributed by atoms with van der Waals surface area (Å²) in [6.45, 7) is 3.72. The molecule has 2 rings (SSSR count). The zero-order chi connectivity index (χ0) is 27.7. The van der Waals surface area contributed by atoms with Crippen LogP contribution < -0.4 is 21.7 Å². The summed E-state index contributed by atoms with van der Waals surface area (Å²) < 4.78 is 0. The van der Waals surface area contributed by atoms with E-state index in [0.29, 0.717) is 12.0 Å². The van der Waals surface area contributed by atoms with E-state index in [0.717, 1.165) is 10.9 Å². The number of fused-ring (bicyclic) bond motifs is 1. The fourth-order valence-electron chi connectivity index (χ4n) is 3.74. The maximum Gasteiger partial charge on any atom is 0.327 e. The zero-order valence-corrected chi connectivity index (χ0v) is 21.5. The van der Waals surface area contributed by atoms with Crippen molar-refractivity contribution in [2.75, 3.05) is 5.75 Å². The van der Waals surface area contributed by atoms with E-state index in [1.165, 1.54) is 0 Å². The number of benzene rings is 1. The largest absolute Gasteiger partial charge is 0.481 e. The van der Waals surface area contributed by atoms with Crippen LogP contribution in [-0.2, 0) is 30.4 Å². The number of nitrogens with two attached hydrogens (primary N) is 1. The lowest BCUT2D eigenvalue weighted by Crippen LogP contribution is -2.58. The van der Waals surface area contributed by atoms with Crippen LogP contribution in [-0.4, -0.2) is 74.8 Å². The van der Waals surface area contributed by atoms with Gasteiger partial charge in [-0.3, -0.25) is 19.2 Å². The Morgan fingerprint density at radius 3 is 2.14 bits per heavy atom. The number of para-hydroxylation sites is 1. The quantitative estimate of drug-likeness (QED) is 0.155. The van der Waals surface area contributed by atoms with Crippen LogP contribution in [0.3, 0.4) is 0 Å². The Morgan fingerprint density at radius 1 is 0.946 bits per heavy atom. The van der Waals surface area contributed by atoms with Crippen LogP contribution in [0.5, 0.6) is 0 Å². The third-order valence-corrected chi connectivity index (χ3v) is 5.97. The highest BCUT2D eigenvalue weighted by Gasteiger charge is 2.32. The van der Waals surface area contributed by atoms with Crippen molar-refractivity contribution in [3.8, 4) is 0 Å². The summed E-state index contributed by atoms with van der Waals surface area (Å²) in [5.41, 5.74) is 7.31. The van der Waals surface area contributed by atoms with Gasteiger partial charge in [-0.1, -0.05) is 32.0 Å². The number of aliphatic carboxylic acids is 2. The van der Waals surface area contributed by atoms with Crippen LogP contribution in [0.15, 0.2) is 30.5 Å². The van der Waals surface area contributed by atoms with Gasteiger partial charge in [-0.05, 0) is 24.0 Å². The molecule has 202 valence electrons. The molecule has 0 spiro atoms. The van der Waals surface area contributed by atoms with Crippen molar-refractivity contribution in [3.63, 3.8) is 0 Å². The fraction of sp³-hybridized carbons (Fsp3) is 0.458. The summed E-state index contributed by atoms with van der Waals surface area (Å²) in [5, 5.41) is 26.5. The molecule has 0 radical (unpaired) electrons. The molecule has 0 saturated heterocycles. The molecule has 1 heterocycles. The number of thiol groups is 1. The first-order valence-electron chi connectivity index (χ1n) is 11.7. The minimum absolute atomic E-state index is 0.0406. The Labute approximate surface area is 219 Å². The molecule has 0 aliphatic rings. The molecule has 2 aromatic rings. The molecular formula is C24H33N5O7S. The SMILES string of the molecule is CC(C)CC(N)C(=O)NC(CC(=O)O)C(=O)NC(Cc1c[nH]c2ccccc12)C(=O)NC(CS)C(=O)O. The van der Waals surface area contributed by atoms with Gasteiger partial charge in [0, 0.05) is 29.3 Å². The monoisotopic (exact) mass is 535 g/mol. The standard InChI is InChI=1S/C24H33N5O7S/c1-12(2)7-15(25)21(32)27-18(9-20(30)31)23(34)28-17(22(33)29-19(11-37)24(35)36)8-13-10-26-16-6-4-3-5-14(13)16/h3-6,10,12,15,17-19,26,37H,7-9,11,25H2,1-2H3,(H,27,32)(H,28,34)(H,29,33)(H,30,31)(H,35,36). The smallest absolute Gasteiger partial charge is 0.327 e. The predicted octanol–water partition coefficient (Wildman–Crippen LogP) is 0.0273. The van der Waals surface area contributed by atoms with Gasteiger partial charge in [-0.15, -0.1) is 0 Å². The second kappa shape index (κ2) is 13.7. The van der Waals surface area contributed by atoms with Gasteiger partial charge in [0.15, 0.2) is 0 Å². The van der Waals surface area contributed by atoms with Crippen molar-refractivity contribution in [3.05, 3.63) is 36.0 Å². The van der Waals surface area contributed by atoms with E-state index < -0.39 is 60.2 Å². The topological polar surface area (TPSA) is 204 Å². The molecule has 3 amide bonds. The van der Waals surface area contributed by atoms with E-state index in [9.17, 15) is 34.2 Å². The number of rotatable bonds is 14. The highest BCUT2D eigenvalue weighted by atomic mass is 32.1. The Balaban J connectivity index is 2.30. The second-order valence-corrected chi connectivity index (χ2v) is 9.47. The Kier molecular flexibility index (Phi) is 10.9. The lowest BCUT2D eigenvalue weighted by molar-refractivity contribution is -0.142. The van der Waals surface area contributed by atoms with E-state index in [1.54, 1.807) is 12.3 Å². The zero-order valence-electron chi connectivity index (χ0n) is 20.6. The molecule has 0 fully saturated rings. The summed E-state index contributed by atoms with van der Waals surface area (Å²) in [6.07, 6.45) is 1.19. The Hall–Kier alpha value is -3.58. The van der Waals surface area contributed by atoms with Gasteiger partial charge in [-0.2, -0.15) is 12.6 Å². The van der Waals surface area contributed by atoms with Gasteiger partial charge in [0.05, 0.1) is 12.5 Å². The summed E-state index contributed by atoms with van der Waals surface area (Å²) in [7, 11) is 0. The summed E-state index contributed by atoms with van der Waals surface area (Å²) >= 11 is 3.94. The molecule has 1 aromatic heterocycles. The highest BCUT2D eigenvalue weighted by Crippen LogP contribution is 2.19. The lowest BCUT2D eigenvalue weighted by atomic mass is 10.0. The predicted molar refractivity (Wildman–Crippen MR) is 139 cm³/mol. The Morgan fingerprint density at radius 2 is 1.54 bits per heavy atom. The maximum atomic E-state index is 13.1. The van der Waals surface area contributed by atoms with Crippen molar-refractivity contribution < 1.29 is 34.2 Å². The van der Waals surface area contributed by atoms with E-state index in [4.69, 9.17) is 5.73 Å². The van der Waals surface area contributed by atoms with Gasteiger partial charge in [0.1, 0.15) is 18.1 Å². The molecule has 4 atom stereocenters. The summed E-state index contributed by atoms with van der Waals surface area (Å²) in [4.78, 5) is 64.5. The van der Waals surface area contributed by atoms with Crippen LogP contribution in [0.1, 0.15) is 32.3 Å². The number of hydrogen-bond acceptors (Lipinski definition) is 7. The number of amides is 3. The third-order valence-electron chi connectivity index (χ3n) is 5.60. The van der Waals surface area contributed by atoms with Gasteiger partial charge in [-0.25, -0.2) is 4.79 Å². The van der Waals surface area contributed by atoms with E-state index >= 15 is 0 Å². The molecule has 0 aliphatic carbocycles.